The summed E-state index contributed by atoms with van der Waals surface area (Å²) in [7, 11) is 1.72. The van der Waals surface area contributed by atoms with E-state index < -0.39 is 12.2 Å². The van der Waals surface area contributed by atoms with E-state index in [4.69, 9.17) is 4.74 Å². The highest BCUT2D eigenvalue weighted by Gasteiger charge is 2.33. The average Bonchev–Trinajstić information content (AvgIpc) is 3.57. The molecule has 3 aliphatic rings. The molecule has 2 aromatic rings. The van der Waals surface area contributed by atoms with Gasteiger partial charge in [-0.15, -0.1) is 0 Å². The van der Waals surface area contributed by atoms with Crippen LogP contribution in [-0.2, 0) is 27.4 Å². The van der Waals surface area contributed by atoms with Gasteiger partial charge in [-0.3, -0.25) is 24.4 Å². The number of nitrogens with one attached hydrogen (secondary N) is 2. The zero-order valence-corrected chi connectivity index (χ0v) is 22.4. The number of fused-ring (bicyclic) bond motifs is 1. The Morgan fingerprint density at radius 2 is 1.95 bits per heavy atom. The molecule has 0 bridgehead atoms. The van der Waals surface area contributed by atoms with Crippen molar-refractivity contribution in [3.05, 3.63) is 53.7 Å². The van der Waals surface area contributed by atoms with Crippen molar-refractivity contribution in [1.29, 1.82) is 0 Å². The molecular formula is C27H38N8O3. The van der Waals surface area contributed by atoms with Crippen LogP contribution in [0.2, 0.25) is 0 Å². The van der Waals surface area contributed by atoms with Gasteiger partial charge in [0.25, 0.3) is 11.8 Å². The number of aliphatic imine (C=N–C) groups is 1. The monoisotopic (exact) mass is 522 g/mol. The molecule has 0 saturated carbocycles. The van der Waals surface area contributed by atoms with Crippen LogP contribution in [0.4, 0.5) is 5.82 Å². The average molecular weight is 523 g/mol. The molecule has 2 unspecified atom stereocenters. The minimum Gasteiger partial charge on any atom is -0.379 e. The summed E-state index contributed by atoms with van der Waals surface area (Å²) in [5.41, 5.74) is 4.98. The summed E-state index contributed by atoms with van der Waals surface area (Å²) >= 11 is 0. The molecule has 0 spiro atoms. The smallest absolute Gasteiger partial charge is 0.261 e. The molecule has 1 aromatic heterocycles. The van der Waals surface area contributed by atoms with Gasteiger partial charge < -0.3 is 10.1 Å². The zero-order chi connectivity index (χ0) is 26.9. The number of ether oxygens (including phenoxy) is 1. The van der Waals surface area contributed by atoms with E-state index in [1.807, 2.05) is 61.0 Å². The number of benzene rings is 1. The molecule has 0 radical (unpaired) electrons. The molecular weight excluding hydrogens is 484 g/mol. The van der Waals surface area contributed by atoms with E-state index >= 15 is 0 Å². The molecule has 3 aliphatic heterocycles. The van der Waals surface area contributed by atoms with E-state index in [1.54, 1.807) is 23.3 Å². The molecule has 1 aromatic carbocycles. The van der Waals surface area contributed by atoms with Crippen LogP contribution in [0.25, 0.3) is 6.08 Å². The fraction of sp³-hybridized carbons (Fsp3) is 0.481. The maximum Gasteiger partial charge on any atom is 0.261 e. The summed E-state index contributed by atoms with van der Waals surface area (Å²) in [5, 5.41) is 9.30. The molecule has 4 heterocycles. The first-order valence-electron chi connectivity index (χ1n) is 13.3. The van der Waals surface area contributed by atoms with Crippen molar-refractivity contribution in [2.45, 2.75) is 45.6 Å². The summed E-state index contributed by atoms with van der Waals surface area (Å²) in [6, 6.07) is 11.2. The lowest BCUT2D eigenvalue weighted by molar-refractivity contribution is -0.129. The van der Waals surface area contributed by atoms with Crippen molar-refractivity contribution >= 4 is 30.0 Å². The highest BCUT2D eigenvalue weighted by molar-refractivity contribution is 5.99. The van der Waals surface area contributed by atoms with Gasteiger partial charge in [0.1, 0.15) is 18.2 Å². The van der Waals surface area contributed by atoms with Crippen LogP contribution in [0.1, 0.15) is 31.5 Å². The van der Waals surface area contributed by atoms with E-state index in [-0.39, 0.29) is 11.8 Å². The predicted octanol–water partition coefficient (Wildman–Crippen LogP) is 1.48. The third-order valence-corrected chi connectivity index (χ3v) is 6.54. The second-order valence-electron chi connectivity index (χ2n) is 9.12. The molecule has 1 fully saturated rings. The van der Waals surface area contributed by atoms with Gasteiger partial charge in [0.2, 0.25) is 0 Å². The summed E-state index contributed by atoms with van der Waals surface area (Å²) in [5.74, 6) is 0.211. The zero-order valence-electron chi connectivity index (χ0n) is 22.4. The SMILES string of the molecule is CC.CN1C(=O)C(NC(=O)C2N=CN(Cc3ccccc3)N2)CCn2nc(/C=C/CN3CCOCC3)cc21. The molecule has 204 valence electrons. The minimum atomic E-state index is -0.768. The predicted molar refractivity (Wildman–Crippen MR) is 147 cm³/mol. The van der Waals surface area contributed by atoms with E-state index in [0.717, 1.165) is 44.1 Å². The highest BCUT2D eigenvalue weighted by atomic mass is 16.5. The Hall–Kier alpha value is -3.54. The number of aromatic nitrogens is 2. The van der Waals surface area contributed by atoms with Crippen molar-refractivity contribution in [1.82, 2.24) is 30.4 Å². The number of morpholine rings is 1. The number of carbonyl (C=O) groups excluding carboxylic acids is 2. The first-order chi connectivity index (χ1) is 18.6. The first-order valence-corrected chi connectivity index (χ1v) is 13.3. The second kappa shape index (κ2) is 13.3. The van der Waals surface area contributed by atoms with E-state index in [2.05, 4.69) is 31.8 Å². The standard InChI is InChI=1S/C25H32N8O3.C2H6/c1-30-22-16-20(8-5-10-31-12-14-36-15-13-31)28-33(22)11-9-21(25(30)35)27-24(34)23-26-18-32(29-23)17-19-6-3-2-4-7-19;1-2/h2-8,16,18,21,23,29H,9-15,17H2,1H3,(H,27,34);1-2H3/b8-5+;. The van der Waals surface area contributed by atoms with Crippen molar-refractivity contribution < 1.29 is 14.3 Å². The largest absolute Gasteiger partial charge is 0.379 e. The lowest BCUT2D eigenvalue weighted by Gasteiger charge is -2.25. The Morgan fingerprint density at radius 3 is 2.71 bits per heavy atom. The topological polar surface area (TPSA) is 107 Å². The lowest BCUT2D eigenvalue weighted by Crippen LogP contribution is -2.52. The number of anilines is 1. The Balaban J connectivity index is 0.00000164. The van der Waals surface area contributed by atoms with Crippen molar-refractivity contribution in [3.63, 3.8) is 0 Å². The molecule has 38 heavy (non-hydrogen) atoms. The fourth-order valence-electron chi connectivity index (χ4n) is 4.52. The Kier molecular flexibility index (Phi) is 9.63. The highest BCUT2D eigenvalue weighted by Crippen LogP contribution is 2.22. The first kappa shape index (κ1) is 27.5. The summed E-state index contributed by atoms with van der Waals surface area (Å²) in [4.78, 5) is 34.2. The van der Waals surface area contributed by atoms with Gasteiger partial charge in [0, 0.05) is 39.3 Å². The van der Waals surface area contributed by atoms with Crippen LogP contribution in [-0.4, -0.2) is 89.9 Å². The van der Waals surface area contributed by atoms with Gasteiger partial charge in [-0.1, -0.05) is 50.3 Å². The third kappa shape index (κ3) is 6.85. The Bertz CT molecular complexity index is 1130. The number of amides is 2. The van der Waals surface area contributed by atoms with Gasteiger partial charge in [0.05, 0.1) is 25.5 Å². The van der Waals surface area contributed by atoms with Gasteiger partial charge in [-0.2, -0.15) is 5.10 Å². The van der Waals surface area contributed by atoms with Crippen molar-refractivity contribution in [3.8, 4) is 0 Å². The van der Waals surface area contributed by atoms with Crippen molar-refractivity contribution in [2.75, 3.05) is 44.8 Å². The van der Waals surface area contributed by atoms with E-state index in [1.165, 1.54) is 0 Å². The normalized spacial score (nSPS) is 21.7. The van der Waals surface area contributed by atoms with Gasteiger partial charge in [-0.25, -0.2) is 15.1 Å². The number of likely N-dealkylation sites (N-methyl/N-ethyl adjacent to an activating group) is 1. The van der Waals surface area contributed by atoms with Crippen LogP contribution in [0.3, 0.4) is 0 Å². The third-order valence-electron chi connectivity index (χ3n) is 6.54. The quantitative estimate of drug-likeness (QED) is 0.567. The molecule has 5 rings (SSSR count). The molecule has 0 aliphatic carbocycles. The summed E-state index contributed by atoms with van der Waals surface area (Å²) in [6.07, 6.45) is 5.37. The number of aryl methyl sites for hydroxylation is 1. The maximum absolute atomic E-state index is 13.2. The number of hydrogen-bond acceptors (Lipinski definition) is 8. The van der Waals surface area contributed by atoms with Crippen LogP contribution < -0.4 is 15.6 Å². The summed E-state index contributed by atoms with van der Waals surface area (Å²) < 4.78 is 7.21. The molecule has 2 amide bonds. The minimum absolute atomic E-state index is 0.172. The maximum atomic E-state index is 13.2. The van der Waals surface area contributed by atoms with Crippen LogP contribution in [0.5, 0.6) is 0 Å². The van der Waals surface area contributed by atoms with Crippen LogP contribution in [0, 0.1) is 0 Å². The molecule has 11 heteroatoms. The number of nitrogens with zero attached hydrogens (tertiary/aromatic N) is 6. The molecule has 11 nitrogen and oxygen atoms in total. The number of hydrogen-bond donors (Lipinski definition) is 2. The Labute approximate surface area is 224 Å². The van der Waals surface area contributed by atoms with Crippen LogP contribution in [0.15, 0.2) is 47.5 Å². The van der Waals surface area contributed by atoms with Gasteiger partial charge in [0.15, 0.2) is 6.17 Å². The fourth-order valence-corrected chi connectivity index (χ4v) is 4.52. The molecule has 2 atom stereocenters. The van der Waals surface area contributed by atoms with Gasteiger partial charge >= 0.3 is 0 Å². The lowest BCUT2D eigenvalue weighted by atomic mass is 10.2. The van der Waals surface area contributed by atoms with E-state index in [9.17, 15) is 9.59 Å². The number of carbonyl (C=O) groups is 2. The van der Waals surface area contributed by atoms with E-state index in [0.29, 0.717) is 25.3 Å². The van der Waals surface area contributed by atoms with Crippen LogP contribution >= 0.6 is 0 Å². The Morgan fingerprint density at radius 1 is 1.18 bits per heavy atom. The number of hydrazine groups is 1. The van der Waals surface area contributed by atoms with Crippen molar-refractivity contribution in [2.24, 2.45) is 4.99 Å². The number of rotatable bonds is 7. The molecule has 1 saturated heterocycles. The molecule has 2 N–H and O–H groups in total. The second-order valence-corrected chi connectivity index (χ2v) is 9.12. The van der Waals surface area contributed by atoms with Gasteiger partial charge in [-0.05, 0) is 18.1 Å². The summed E-state index contributed by atoms with van der Waals surface area (Å²) in [6.45, 7) is 9.36.